The highest BCUT2D eigenvalue weighted by molar-refractivity contribution is 7.16. The van der Waals surface area contributed by atoms with Gasteiger partial charge in [0.05, 0.1) is 26.6 Å². The second kappa shape index (κ2) is 9.06. The summed E-state index contributed by atoms with van der Waals surface area (Å²) >= 11 is 1.57. The first kappa shape index (κ1) is 21.8. The topological polar surface area (TPSA) is 119 Å². The molecule has 9 nitrogen and oxygen atoms in total. The summed E-state index contributed by atoms with van der Waals surface area (Å²) in [6, 6.07) is 9.70. The third-order valence-corrected chi connectivity index (χ3v) is 6.52. The molecule has 4 aromatic rings. The number of nitrogens with zero attached hydrogens (tertiary/aromatic N) is 5. The van der Waals surface area contributed by atoms with Crippen molar-refractivity contribution < 1.29 is 9.53 Å². The highest BCUT2D eigenvalue weighted by Gasteiger charge is 2.31. The number of carbonyl (C=O) groups excluding carboxylic acids is 1. The summed E-state index contributed by atoms with van der Waals surface area (Å²) in [7, 11) is 3.46. The molecule has 5 rings (SSSR count). The number of hydrogen-bond acceptors (Lipinski definition) is 9. The number of aromatic nitrogens is 3. The Morgan fingerprint density at radius 2 is 2.15 bits per heavy atom. The number of carbonyl (C=O) groups is 1. The molecule has 0 aliphatic carbocycles. The number of nitrogens with one attached hydrogen (secondary N) is 1. The fourth-order valence-corrected chi connectivity index (χ4v) is 4.70. The number of nitrogens with two attached hydrogens (primary N) is 1. The Kier molecular flexibility index (Phi) is 5.81. The Balaban J connectivity index is 1.63. The van der Waals surface area contributed by atoms with Crippen molar-refractivity contribution in [3.63, 3.8) is 0 Å². The Morgan fingerprint density at radius 1 is 1.26 bits per heavy atom. The first-order valence-electron chi connectivity index (χ1n) is 10.7. The maximum absolute atomic E-state index is 12.6. The Hall–Kier alpha value is -4.05. The van der Waals surface area contributed by atoms with Crippen molar-refractivity contribution in [2.24, 2.45) is 10.7 Å². The SMILES string of the molecule is CN=C/C(=C\N)c1cc(O[C@@H]2CCN(C)C2=O)c2c(Nc3ccc4ncsc4c3)ncnc2c1. The number of allylic oxidation sites excluding steroid dienone is 1. The predicted molar refractivity (Wildman–Crippen MR) is 136 cm³/mol. The van der Waals surface area contributed by atoms with Crippen LogP contribution in [0.15, 0.2) is 53.4 Å². The van der Waals surface area contributed by atoms with Gasteiger partial charge in [-0.15, -0.1) is 11.3 Å². The predicted octanol–water partition coefficient (Wildman–Crippen LogP) is 3.59. The van der Waals surface area contributed by atoms with E-state index in [9.17, 15) is 4.79 Å². The molecule has 34 heavy (non-hydrogen) atoms. The van der Waals surface area contributed by atoms with Crippen molar-refractivity contribution in [2.45, 2.75) is 12.5 Å². The monoisotopic (exact) mass is 473 g/mol. The number of benzene rings is 2. The molecule has 3 heterocycles. The standard InChI is InChI=1S/C24H23N7O2S/c1-26-11-15(10-25)14-7-18-22(20(8-14)33-19-5-6-31(2)24(19)32)23(28-12-27-18)30-16-3-4-17-21(9-16)34-13-29-17/h3-4,7-13,19H,5-6,25H2,1-2H3,(H,27,28,30)/b15-10+,26-11?/t19-/m1/s1. The van der Waals surface area contributed by atoms with Crippen LogP contribution in [0.25, 0.3) is 26.7 Å². The van der Waals surface area contributed by atoms with Crippen LogP contribution in [-0.4, -0.2) is 58.7 Å². The van der Waals surface area contributed by atoms with Crippen molar-refractivity contribution in [2.75, 3.05) is 26.0 Å². The molecule has 1 amide bonds. The van der Waals surface area contributed by atoms with E-state index in [0.29, 0.717) is 41.0 Å². The number of rotatable bonds is 6. The molecular weight excluding hydrogens is 450 g/mol. The molecule has 1 aliphatic heterocycles. The molecule has 172 valence electrons. The number of thiazole rings is 1. The van der Waals surface area contributed by atoms with E-state index in [0.717, 1.165) is 21.5 Å². The molecule has 3 N–H and O–H groups in total. The van der Waals surface area contributed by atoms with Crippen LogP contribution in [0, 0.1) is 0 Å². The van der Waals surface area contributed by atoms with Gasteiger partial charge in [-0.1, -0.05) is 0 Å². The minimum Gasteiger partial charge on any atom is -0.480 e. The average molecular weight is 474 g/mol. The first-order valence-corrected chi connectivity index (χ1v) is 11.6. The lowest BCUT2D eigenvalue weighted by Gasteiger charge is -2.18. The average Bonchev–Trinajstić information content (AvgIpc) is 3.44. The number of anilines is 2. The smallest absolute Gasteiger partial charge is 0.263 e. The molecule has 0 bridgehead atoms. The van der Waals surface area contributed by atoms with E-state index in [1.54, 1.807) is 36.5 Å². The van der Waals surface area contributed by atoms with Crippen LogP contribution in [0.3, 0.4) is 0 Å². The fraction of sp³-hybridized carbons (Fsp3) is 0.208. The molecule has 1 fully saturated rings. The highest BCUT2D eigenvalue weighted by atomic mass is 32.1. The highest BCUT2D eigenvalue weighted by Crippen LogP contribution is 2.36. The van der Waals surface area contributed by atoms with Gasteiger partial charge in [0, 0.05) is 50.7 Å². The van der Waals surface area contributed by atoms with Gasteiger partial charge in [-0.3, -0.25) is 9.79 Å². The molecule has 10 heteroatoms. The molecule has 0 radical (unpaired) electrons. The third kappa shape index (κ3) is 4.03. The van der Waals surface area contributed by atoms with Crippen molar-refractivity contribution in [3.8, 4) is 5.75 Å². The van der Waals surface area contributed by atoms with Crippen LogP contribution in [-0.2, 0) is 4.79 Å². The Bertz CT molecular complexity index is 1450. The van der Waals surface area contributed by atoms with E-state index in [4.69, 9.17) is 10.5 Å². The van der Waals surface area contributed by atoms with Crippen LogP contribution in [0.5, 0.6) is 5.75 Å². The summed E-state index contributed by atoms with van der Waals surface area (Å²) in [4.78, 5) is 31.7. The molecule has 2 aromatic carbocycles. The third-order valence-electron chi connectivity index (χ3n) is 5.72. The quantitative estimate of drug-likeness (QED) is 0.411. The van der Waals surface area contributed by atoms with Gasteiger partial charge in [0.1, 0.15) is 17.9 Å². The van der Waals surface area contributed by atoms with Gasteiger partial charge in [-0.25, -0.2) is 15.0 Å². The molecule has 1 atom stereocenters. The molecule has 1 aliphatic rings. The second-order valence-electron chi connectivity index (χ2n) is 7.91. The second-order valence-corrected chi connectivity index (χ2v) is 8.80. The molecule has 1 saturated heterocycles. The van der Waals surface area contributed by atoms with Crippen LogP contribution < -0.4 is 15.8 Å². The normalized spacial score (nSPS) is 16.8. The van der Waals surface area contributed by atoms with Gasteiger partial charge in [-0.05, 0) is 35.9 Å². The summed E-state index contributed by atoms with van der Waals surface area (Å²) in [6.07, 6.45) is 4.68. The largest absolute Gasteiger partial charge is 0.480 e. The van der Waals surface area contributed by atoms with Crippen LogP contribution in [0.1, 0.15) is 12.0 Å². The number of likely N-dealkylation sites (N-methyl/N-ethyl adjacent to an activating group) is 1. The number of aliphatic imine (C=N–C) groups is 1. The van der Waals surface area contributed by atoms with E-state index in [-0.39, 0.29) is 5.91 Å². The molecule has 0 spiro atoms. The van der Waals surface area contributed by atoms with E-state index < -0.39 is 6.10 Å². The van der Waals surface area contributed by atoms with Gasteiger partial charge >= 0.3 is 0 Å². The zero-order valence-electron chi connectivity index (χ0n) is 18.7. The van der Waals surface area contributed by atoms with Gasteiger partial charge in [0.15, 0.2) is 6.10 Å². The van der Waals surface area contributed by atoms with Gasteiger partial charge in [0.25, 0.3) is 5.91 Å². The minimum absolute atomic E-state index is 0.0507. The summed E-state index contributed by atoms with van der Waals surface area (Å²) < 4.78 is 7.36. The van der Waals surface area contributed by atoms with Crippen LogP contribution >= 0.6 is 11.3 Å². The summed E-state index contributed by atoms with van der Waals surface area (Å²) in [5.74, 6) is 1.04. The van der Waals surface area contributed by atoms with Gasteiger partial charge in [-0.2, -0.15) is 0 Å². The van der Waals surface area contributed by atoms with Crippen LogP contribution in [0.4, 0.5) is 11.5 Å². The summed E-state index contributed by atoms with van der Waals surface area (Å²) in [5, 5.41) is 4.07. The summed E-state index contributed by atoms with van der Waals surface area (Å²) in [6.45, 7) is 0.647. The molecular formula is C24H23N7O2S. The van der Waals surface area contributed by atoms with E-state index in [1.807, 2.05) is 35.8 Å². The van der Waals surface area contributed by atoms with Crippen molar-refractivity contribution in [1.82, 2.24) is 19.9 Å². The van der Waals surface area contributed by atoms with Crippen molar-refractivity contribution in [3.05, 3.63) is 53.9 Å². The van der Waals surface area contributed by atoms with Gasteiger partial charge in [0.2, 0.25) is 0 Å². The van der Waals surface area contributed by atoms with Crippen molar-refractivity contribution in [1.29, 1.82) is 0 Å². The number of hydrogen-bond donors (Lipinski definition) is 2. The number of ether oxygens (including phenoxy) is 1. The number of fused-ring (bicyclic) bond motifs is 2. The van der Waals surface area contributed by atoms with Crippen LogP contribution in [0.2, 0.25) is 0 Å². The lowest BCUT2D eigenvalue weighted by Crippen LogP contribution is -2.29. The van der Waals surface area contributed by atoms with Crippen molar-refractivity contribution >= 4 is 61.7 Å². The maximum atomic E-state index is 12.6. The molecule has 0 saturated carbocycles. The minimum atomic E-state index is -0.574. The lowest BCUT2D eigenvalue weighted by molar-refractivity contribution is -0.132. The molecule has 0 unspecified atom stereocenters. The fourth-order valence-electron chi connectivity index (χ4n) is 3.98. The molecule has 2 aromatic heterocycles. The number of likely N-dealkylation sites (tertiary alicyclic amines) is 1. The Labute approximate surface area is 200 Å². The zero-order valence-corrected chi connectivity index (χ0v) is 19.5. The van der Waals surface area contributed by atoms with E-state index in [2.05, 4.69) is 25.3 Å². The van der Waals surface area contributed by atoms with E-state index >= 15 is 0 Å². The van der Waals surface area contributed by atoms with E-state index in [1.165, 1.54) is 12.5 Å². The maximum Gasteiger partial charge on any atom is 0.263 e. The Morgan fingerprint density at radius 3 is 2.91 bits per heavy atom. The first-order chi connectivity index (χ1) is 16.6. The summed E-state index contributed by atoms with van der Waals surface area (Å²) in [5.41, 5.74) is 11.6. The zero-order chi connectivity index (χ0) is 23.7. The number of amides is 1. The van der Waals surface area contributed by atoms with Gasteiger partial charge < -0.3 is 20.7 Å². The lowest BCUT2D eigenvalue weighted by atomic mass is 10.0.